The first-order valence-corrected chi connectivity index (χ1v) is 5.27. The SMILES string of the molecule is CC(C)CCNC(=O)c1cnccc1C#N. The van der Waals surface area contributed by atoms with E-state index >= 15 is 0 Å². The molecule has 0 aliphatic rings. The molecular weight excluding hydrogens is 202 g/mol. The molecule has 16 heavy (non-hydrogen) atoms. The highest BCUT2D eigenvalue weighted by Crippen LogP contribution is 2.05. The van der Waals surface area contributed by atoms with Crippen LogP contribution in [0.4, 0.5) is 0 Å². The Bertz CT molecular complexity index is 407. The number of carbonyl (C=O) groups excluding carboxylic acids is 1. The minimum atomic E-state index is -0.231. The van der Waals surface area contributed by atoms with Crippen LogP contribution in [0, 0.1) is 17.2 Å². The third-order valence-electron chi connectivity index (χ3n) is 2.19. The number of hydrogen-bond acceptors (Lipinski definition) is 3. The molecule has 0 aliphatic heterocycles. The van der Waals surface area contributed by atoms with E-state index < -0.39 is 0 Å². The molecule has 0 fully saturated rings. The summed E-state index contributed by atoms with van der Waals surface area (Å²) >= 11 is 0. The standard InChI is InChI=1S/C12H15N3O/c1-9(2)3-6-15-12(16)11-8-14-5-4-10(11)7-13/h4-5,8-9H,3,6H2,1-2H3,(H,15,16). The van der Waals surface area contributed by atoms with Gasteiger partial charge in [-0.15, -0.1) is 0 Å². The van der Waals surface area contributed by atoms with Crippen molar-refractivity contribution < 1.29 is 4.79 Å². The van der Waals surface area contributed by atoms with Gasteiger partial charge >= 0.3 is 0 Å². The Kier molecular flexibility index (Phi) is 4.46. The number of nitrogens with zero attached hydrogens (tertiary/aromatic N) is 2. The number of nitrogens with one attached hydrogen (secondary N) is 1. The van der Waals surface area contributed by atoms with Crippen molar-refractivity contribution in [2.24, 2.45) is 5.92 Å². The summed E-state index contributed by atoms with van der Waals surface area (Å²) in [6, 6.07) is 3.51. The average molecular weight is 217 g/mol. The first-order chi connectivity index (χ1) is 7.65. The van der Waals surface area contributed by atoms with Gasteiger partial charge in [-0.1, -0.05) is 13.8 Å². The van der Waals surface area contributed by atoms with E-state index in [0.717, 1.165) is 6.42 Å². The van der Waals surface area contributed by atoms with Crippen LogP contribution in [-0.4, -0.2) is 17.4 Å². The van der Waals surface area contributed by atoms with Gasteiger partial charge in [0.05, 0.1) is 11.1 Å². The molecule has 0 radical (unpaired) electrons. The maximum Gasteiger partial charge on any atom is 0.254 e. The van der Waals surface area contributed by atoms with E-state index in [2.05, 4.69) is 24.1 Å². The van der Waals surface area contributed by atoms with E-state index in [9.17, 15) is 4.79 Å². The van der Waals surface area contributed by atoms with Gasteiger partial charge in [0.1, 0.15) is 6.07 Å². The monoisotopic (exact) mass is 217 g/mol. The highest BCUT2D eigenvalue weighted by molar-refractivity contribution is 5.96. The van der Waals surface area contributed by atoms with Crippen molar-refractivity contribution in [3.8, 4) is 6.07 Å². The van der Waals surface area contributed by atoms with E-state index in [1.54, 1.807) is 0 Å². The molecule has 0 aromatic carbocycles. The highest BCUT2D eigenvalue weighted by atomic mass is 16.1. The zero-order valence-electron chi connectivity index (χ0n) is 9.53. The van der Waals surface area contributed by atoms with E-state index in [4.69, 9.17) is 5.26 Å². The summed E-state index contributed by atoms with van der Waals surface area (Å²) in [4.78, 5) is 15.5. The number of rotatable bonds is 4. The number of hydrogen-bond donors (Lipinski definition) is 1. The largest absolute Gasteiger partial charge is 0.352 e. The molecule has 1 rings (SSSR count). The van der Waals surface area contributed by atoms with Crippen molar-refractivity contribution in [3.63, 3.8) is 0 Å². The second-order valence-electron chi connectivity index (χ2n) is 3.97. The molecular formula is C12H15N3O. The second kappa shape index (κ2) is 5.86. The molecule has 1 aromatic rings. The molecule has 1 amide bonds. The van der Waals surface area contributed by atoms with Crippen LogP contribution in [0.25, 0.3) is 0 Å². The van der Waals surface area contributed by atoms with Gasteiger partial charge in [-0.2, -0.15) is 5.26 Å². The van der Waals surface area contributed by atoms with Gasteiger partial charge in [0, 0.05) is 18.9 Å². The Hall–Kier alpha value is -1.89. The molecule has 4 heteroatoms. The molecule has 0 saturated carbocycles. The maximum absolute atomic E-state index is 11.7. The lowest BCUT2D eigenvalue weighted by atomic mass is 10.1. The van der Waals surface area contributed by atoms with Gasteiger partial charge in [-0.05, 0) is 18.4 Å². The minimum absolute atomic E-state index is 0.231. The number of amides is 1. The molecule has 1 N–H and O–H groups in total. The lowest BCUT2D eigenvalue weighted by Gasteiger charge is -2.07. The summed E-state index contributed by atoms with van der Waals surface area (Å²) < 4.78 is 0. The predicted molar refractivity (Wildman–Crippen MR) is 60.7 cm³/mol. The molecule has 1 aromatic heterocycles. The van der Waals surface area contributed by atoms with E-state index in [1.807, 2.05) is 6.07 Å². The molecule has 4 nitrogen and oxygen atoms in total. The number of pyridine rings is 1. The zero-order chi connectivity index (χ0) is 12.0. The maximum atomic E-state index is 11.7. The molecule has 1 heterocycles. The van der Waals surface area contributed by atoms with Crippen LogP contribution in [-0.2, 0) is 0 Å². The summed E-state index contributed by atoms with van der Waals surface area (Å²) in [5, 5.41) is 11.6. The number of aromatic nitrogens is 1. The fourth-order valence-electron chi connectivity index (χ4n) is 1.24. The van der Waals surface area contributed by atoms with Crippen molar-refractivity contribution in [3.05, 3.63) is 29.6 Å². The van der Waals surface area contributed by atoms with Crippen LogP contribution in [0.1, 0.15) is 36.2 Å². The van der Waals surface area contributed by atoms with Crippen molar-refractivity contribution >= 4 is 5.91 Å². The minimum Gasteiger partial charge on any atom is -0.352 e. The van der Waals surface area contributed by atoms with Crippen molar-refractivity contribution in [2.75, 3.05) is 6.54 Å². The fourth-order valence-corrected chi connectivity index (χ4v) is 1.24. The number of nitriles is 1. The van der Waals surface area contributed by atoms with E-state index in [0.29, 0.717) is 23.6 Å². The third-order valence-corrected chi connectivity index (χ3v) is 2.19. The van der Waals surface area contributed by atoms with Crippen LogP contribution in [0.15, 0.2) is 18.5 Å². The lowest BCUT2D eigenvalue weighted by molar-refractivity contribution is 0.0951. The summed E-state index contributed by atoms with van der Waals surface area (Å²) in [6.07, 6.45) is 3.85. The zero-order valence-corrected chi connectivity index (χ0v) is 9.53. The summed E-state index contributed by atoms with van der Waals surface area (Å²) in [6.45, 7) is 4.81. The summed E-state index contributed by atoms with van der Waals surface area (Å²) in [7, 11) is 0. The molecule has 0 atom stereocenters. The van der Waals surface area contributed by atoms with Crippen molar-refractivity contribution in [2.45, 2.75) is 20.3 Å². The average Bonchev–Trinajstić information content (AvgIpc) is 2.28. The molecule has 84 valence electrons. The quantitative estimate of drug-likeness (QED) is 0.835. The van der Waals surface area contributed by atoms with Gasteiger partial charge in [0.2, 0.25) is 0 Å². The number of carbonyl (C=O) groups is 1. The van der Waals surface area contributed by atoms with Crippen LogP contribution in [0.5, 0.6) is 0 Å². The van der Waals surface area contributed by atoms with Crippen LogP contribution in [0.2, 0.25) is 0 Å². The first-order valence-electron chi connectivity index (χ1n) is 5.27. The van der Waals surface area contributed by atoms with Crippen LogP contribution >= 0.6 is 0 Å². The normalized spacial score (nSPS) is 9.88. The third kappa shape index (κ3) is 3.35. The molecule has 0 bridgehead atoms. The Morgan fingerprint density at radius 2 is 2.38 bits per heavy atom. The fraction of sp³-hybridized carbons (Fsp3) is 0.417. The lowest BCUT2D eigenvalue weighted by Crippen LogP contribution is -2.26. The predicted octanol–water partition coefficient (Wildman–Crippen LogP) is 1.73. The summed E-state index contributed by atoms with van der Waals surface area (Å²) in [5.74, 6) is 0.315. The molecule has 0 spiro atoms. The Balaban J connectivity index is 2.63. The van der Waals surface area contributed by atoms with Crippen molar-refractivity contribution in [1.82, 2.24) is 10.3 Å². The van der Waals surface area contributed by atoms with Gasteiger partial charge in [-0.25, -0.2) is 0 Å². The first kappa shape index (κ1) is 12.2. The topological polar surface area (TPSA) is 65.8 Å². The Morgan fingerprint density at radius 1 is 1.62 bits per heavy atom. The smallest absolute Gasteiger partial charge is 0.254 e. The Morgan fingerprint density at radius 3 is 3.00 bits per heavy atom. The molecule has 0 unspecified atom stereocenters. The van der Waals surface area contributed by atoms with Gasteiger partial charge in [0.25, 0.3) is 5.91 Å². The van der Waals surface area contributed by atoms with Crippen molar-refractivity contribution in [1.29, 1.82) is 5.26 Å². The van der Waals surface area contributed by atoms with E-state index in [-0.39, 0.29) is 5.91 Å². The second-order valence-corrected chi connectivity index (χ2v) is 3.97. The Labute approximate surface area is 95.3 Å². The highest BCUT2D eigenvalue weighted by Gasteiger charge is 2.10. The van der Waals surface area contributed by atoms with Gasteiger partial charge in [-0.3, -0.25) is 9.78 Å². The molecule has 0 saturated heterocycles. The van der Waals surface area contributed by atoms with E-state index in [1.165, 1.54) is 18.5 Å². The molecule has 0 aliphatic carbocycles. The van der Waals surface area contributed by atoms with Crippen LogP contribution in [0.3, 0.4) is 0 Å². The van der Waals surface area contributed by atoms with Gasteiger partial charge < -0.3 is 5.32 Å². The van der Waals surface area contributed by atoms with Crippen LogP contribution < -0.4 is 5.32 Å². The van der Waals surface area contributed by atoms with Gasteiger partial charge in [0.15, 0.2) is 0 Å². The summed E-state index contributed by atoms with van der Waals surface area (Å²) in [5.41, 5.74) is 0.700.